The second kappa shape index (κ2) is 10.8. The molecule has 0 aliphatic heterocycles. The molecule has 0 aliphatic rings. The molecule has 36 heavy (non-hydrogen) atoms. The molecule has 0 amide bonds. The van der Waals surface area contributed by atoms with E-state index < -0.39 is 17.4 Å². The molecule has 5 nitrogen and oxygen atoms in total. The molecule has 4 rings (SSSR count). The number of para-hydroxylation sites is 2. The van der Waals surface area contributed by atoms with Gasteiger partial charge in [0.25, 0.3) is 0 Å². The highest BCUT2D eigenvalue weighted by molar-refractivity contribution is 5.69. The molecule has 2 N–H and O–H groups in total. The highest BCUT2D eigenvalue weighted by Gasteiger charge is 2.35. The Morgan fingerprint density at radius 3 is 1.28 bits per heavy atom. The van der Waals surface area contributed by atoms with Crippen LogP contribution in [0.3, 0.4) is 0 Å². The largest absolute Gasteiger partial charge is 0.519 e. The summed E-state index contributed by atoms with van der Waals surface area (Å²) in [5.74, 6) is 0.393. The molecule has 0 aromatic heterocycles. The molecule has 2 atom stereocenters. The zero-order chi connectivity index (χ0) is 25.6. The number of hydrogen-bond donors (Lipinski definition) is 2. The van der Waals surface area contributed by atoms with Crippen molar-refractivity contribution in [3.8, 4) is 11.5 Å². The normalized spacial score (nSPS) is 14.3. The number of aliphatic hydroxyl groups is 2. The summed E-state index contributed by atoms with van der Waals surface area (Å²) in [6.07, 6.45) is -0.223. The Hall–Kier alpha value is -3.93. The van der Waals surface area contributed by atoms with Crippen molar-refractivity contribution in [3.63, 3.8) is 0 Å². The van der Waals surface area contributed by atoms with Gasteiger partial charge in [0.15, 0.2) is 0 Å². The van der Waals surface area contributed by atoms with Crippen LogP contribution in [0.15, 0.2) is 109 Å². The van der Waals surface area contributed by atoms with Crippen LogP contribution in [0.4, 0.5) is 4.79 Å². The summed E-state index contributed by atoms with van der Waals surface area (Å²) in [5, 5.41) is 23.2. The van der Waals surface area contributed by atoms with E-state index in [2.05, 4.69) is 0 Å². The molecule has 4 aromatic rings. The van der Waals surface area contributed by atoms with Crippen molar-refractivity contribution < 1.29 is 24.5 Å². The molecular formula is C31H30O5. The molecule has 0 heterocycles. The van der Waals surface area contributed by atoms with E-state index in [0.29, 0.717) is 35.1 Å². The summed E-state index contributed by atoms with van der Waals surface area (Å²) in [4.78, 5) is 13.0. The van der Waals surface area contributed by atoms with E-state index in [-0.39, 0.29) is 11.5 Å². The maximum Gasteiger partial charge on any atom is 0.519 e. The molecule has 4 aromatic carbocycles. The standard InChI is InChI=1S/C31H30O5/c1-3-30(33,23-15-7-5-8-16-23)25-19-11-13-21-27(25)35-29(32)36-28-22-14-12-20-26(28)31(34,4-2)24-17-9-6-10-18-24/h5-22,33-34H,3-4H2,1-2H3. The molecule has 0 fully saturated rings. The minimum Gasteiger partial charge on any atom is -0.394 e. The number of rotatable bonds is 8. The lowest BCUT2D eigenvalue weighted by Gasteiger charge is -2.30. The molecule has 5 heteroatoms. The van der Waals surface area contributed by atoms with Gasteiger partial charge in [0, 0.05) is 11.1 Å². The fraction of sp³-hybridized carbons (Fsp3) is 0.194. The van der Waals surface area contributed by atoms with Crippen molar-refractivity contribution in [1.82, 2.24) is 0 Å². The first kappa shape index (κ1) is 25.2. The third-order valence-electron chi connectivity index (χ3n) is 6.58. The van der Waals surface area contributed by atoms with Crippen LogP contribution in [0.1, 0.15) is 48.9 Å². The Balaban J connectivity index is 1.64. The predicted octanol–water partition coefficient (Wildman–Crippen LogP) is 6.56. The van der Waals surface area contributed by atoms with Gasteiger partial charge in [0.1, 0.15) is 22.7 Å². The second-order valence-electron chi connectivity index (χ2n) is 8.61. The summed E-state index contributed by atoms with van der Waals surface area (Å²) in [5.41, 5.74) is -0.412. The quantitative estimate of drug-likeness (QED) is 0.220. The number of carbonyl (C=O) groups excluding carboxylic acids is 1. The first-order valence-electron chi connectivity index (χ1n) is 12.1. The van der Waals surface area contributed by atoms with Crippen LogP contribution in [-0.4, -0.2) is 16.4 Å². The number of carbonyl (C=O) groups is 1. The molecular weight excluding hydrogens is 452 g/mol. The lowest BCUT2D eigenvalue weighted by molar-refractivity contribution is 0.0706. The second-order valence-corrected chi connectivity index (χ2v) is 8.61. The fourth-order valence-corrected chi connectivity index (χ4v) is 4.52. The summed E-state index contributed by atoms with van der Waals surface area (Å²) in [7, 11) is 0. The highest BCUT2D eigenvalue weighted by atomic mass is 16.7. The Kier molecular flexibility index (Phi) is 7.53. The van der Waals surface area contributed by atoms with E-state index in [1.54, 1.807) is 48.5 Å². The van der Waals surface area contributed by atoms with Gasteiger partial charge in [-0.25, -0.2) is 4.79 Å². The third kappa shape index (κ3) is 4.89. The SMILES string of the molecule is CCC(O)(c1ccccc1)c1ccccc1OC(=O)Oc1ccccc1C(O)(CC)c1ccccc1. The Morgan fingerprint density at radius 2 is 0.917 bits per heavy atom. The fourth-order valence-electron chi connectivity index (χ4n) is 4.52. The van der Waals surface area contributed by atoms with Crippen LogP contribution in [0.2, 0.25) is 0 Å². The van der Waals surface area contributed by atoms with E-state index in [1.165, 1.54) is 0 Å². The van der Waals surface area contributed by atoms with Gasteiger partial charge in [-0.15, -0.1) is 0 Å². The van der Waals surface area contributed by atoms with Gasteiger partial charge < -0.3 is 19.7 Å². The van der Waals surface area contributed by atoms with E-state index in [9.17, 15) is 15.0 Å². The first-order chi connectivity index (χ1) is 17.4. The van der Waals surface area contributed by atoms with Crippen LogP contribution in [-0.2, 0) is 11.2 Å². The van der Waals surface area contributed by atoms with Crippen molar-refractivity contribution in [2.45, 2.75) is 37.9 Å². The molecule has 0 radical (unpaired) electrons. The Bertz CT molecular complexity index is 1200. The predicted molar refractivity (Wildman–Crippen MR) is 139 cm³/mol. The molecule has 0 saturated carbocycles. The lowest BCUT2D eigenvalue weighted by atomic mass is 9.83. The van der Waals surface area contributed by atoms with E-state index in [0.717, 1.165) is 0 Å². The van der Waals surface area contributed by atoms with Crippen LogP contribution in [0, 0.1) is 0 Å². The summed E-state index contributed by atoms with van der Waals surface area (Å²) in [6.45, 7) is 3.74. The van der Waals surface area contributed by atoms with Crippen LogP contribution in [0.25, 0.3) is 0 Å². The van der Waals surface area contributed by atoms with Gasteiger partial charge >= 0.3 is 6.16 Å². The minimum absolute atomic E-state index is 0.196. The van der Waals surface area contributed by atoms with Crippen LogP contribution in [0.5, 0.6) is 11.5 Å². The average molecular weight is 483 g/mol. The smallest absolute Gasteiger partial charge is 0.394 e. The van der Waals surface area contributed by atoms with E-state index >= 15 is 0 Å². The topological polar surface area (TPSA) is 76.0 Å². The van der Waals surface area contributed by atoms with Crippen molar-refractivity contribution in [2.75, 3.05) is 0 Å². The van der Waals surface area contributed by atoms with Crippen LogP contribution >= 0.6 is 0 Å². The van der Waals surface area contributed by atoms with Crippen LogP contribution < -0.4 is 9.47 Å². The first-order valence-corrected chi connectivity index (χ1v) is 12.1. The molecule has 2 unspecified atom stereocenters. The Labute approximate surface area is 211 Å². The minimum atomic E-state index is -1.36. The highest BCUT2D eigenvalue weighted by Crippen LogP contribution is 2.40. The van der Waals surface area contributed by atoms with E-state index in [4.69, 9.17) is 9.47 Å². The maximum absolute atomic E-state index is 13.0. The molecule has 0 aliphatic carbocycles. The van der Waals surface area contributed by atoms with Crippen molar-refractivity contribution >= 4 is 6.16 Å². The van der Waals surface area contributed by atoms with Gasteiger partial charge in [-0.1, -0.05) is 111 Å². The van der Waals surface area contributed by atoms with Gasteiger partial charge in [-0.3, -0.25) is 0 Å². The lowest BCUT2D eigenvalue weighted by Crippen LogP contribution is -2.29. The van der Waals surface area contributed by atoms with Gasteiger partial charge in [0.2, 0.25) is 0 Å². The summed E-state index contributed by atoms with van der Waals surface area (Å²) in [6, 6.07) is 32.3. The maximum atomic E-state index is 13.0. The molecule has 184 valence electrons. The summed E-state index contributed by atoms with van der Waals surface area (Å²) >= 11 is 0. The zero-order valence-corrected chi connectivity index (χ0v) is 20.4. The Morgan fingerprint density at radius 1 is 0.583 bits per heavy atom. The van der Waals surface area contributed by atoms with Crippen molar-refractivity contribution in [1.29, 1.82) is 0 Å². The molecule has 0 bridgehead atoms. The monoisotopic (exact) mass is 482 g/mol. The summed E-state index contributed by atoms with van der Waals surface area (Å²) < 4.78 is 11.2. The van der Waals surface area contributed by atoms with Crippen molar-refractivity contribution in [2.24, 2.45) is 0 Å². The average Bonchev–Trinajstić information content (AvgIpc) is 2.93. The molecule has 0 saturated heterocycles. The number of ether oxygens (including phenoxy) is 2. The van der Waals surface area contributed by atoms with Gasteiger partial charge in [-0.2, -0.15) is 0 Å². The number of hydrogen-bond acceptors (Lipinski definition) is 5. The van der Waals surface area contributed by atoms with Crippen molar-refractivity contribution in [3.05, 3.63) is 131 Å². The van der Waals surface area contributed by atoms with Gasteiger partial charge in [-0.05, 0) is 36.1 Å². The molecule has 0 spiro atoms. The number of benzene rings is 4. The zero-order valence-electron chi connectivity index (χ0n) is 20.4. The third-order valence-corrected chi connectivity index (χ3v) is 6.58. The van der Waals surface area contributed by atoms with E-state index in [1.807, 2.05) is 74.5 Å². The van der Waals surface area contributed by atoms with Gasteiger partial charge in [0.05, 0.1) is 0 Å².